The maximum Gasteiger partial charge on any atom is 0.333 e. The number of ether oxygens (including phenoxy) is 1. The monoisotopic (exact) mass is 436 g/mol. The summed E-state index contributed by atoms with van der Waals surface area (Å²) in [5.74, 6) is -0.747. The largest absolute Gasteiger partial charge is 0.459 e. The highest BCUT2D eigenvalue weighted by molar-refractivity contribution is 7.99. The fraction of sp³-hybridized carbons (Fsp3) is 0.174. The van der Waals surface area contributed by atoms with Gasteiger partial charge in [-0.05, 0) is 29.8 Å². The molecule has 158 valence electrons. The van der Waals surface area contributed by atoms with Crippen LogP contribution in [0.5, 0.6) is 0 Å². The molecule has 0 saturated heterocycles. The molecule has 0 fully saturated rings. The number of nitrogens with one attached hydrogen (secondary N) is 1. The molecule has 0 bridgehead atoms. The van der Waals surface area contributed by atoms with Gasteiger partial charge in [-0.1, -0.05) is 42.5 Å². The maximum atomic E-state index is 12.8. The lowest BCUT2D eigenvalue weighted by Crippen LogP contribution is -2.40. The minimum absolute atomic E-state index is 0.0761. The van der Waals surface area contributed by atoms with Gasteiger partial charge in [0.2, 0.25) is 0 Å². The van der Waals surface area contributed by atoms with E-state index in [-0.39, 0.29) is 11.7 Å². The Hall–Kier alpha value is -3.52. The molecule has 1 atom stereocenters. The number of carbonyl (C=O) groups excluding carboxylic acids is 3. The summed E-state index contributed by atoms with van der Waals surface area (Å²) in [7, 11) is 0. The van der Waals surface area contributed by atoms with Gasteiger partial charge in [0.25, 0.3) is 11.8 Å². The summed E-state index contributed by atoms with van der Waals surface area (Å²) in [5, 5.41) is 2.62. The number of esters is 1. The Kier molecular flexibility index (Phi) is 6.37. The van der Waals surface area contributed by atoms with Gasteiger partial charge in [0.05, 0.1) is 12.0 Å². The first-order chi connectivity index (χ1) is 15.1. The van der Waals surface area contributed by atoms with E-state index in [0.717, 1.165) is 16.3 Å². The minimum Gasteiger partial charge on any atom is -0.459 e. The number of thioether (sulfide) groups is 1. The fourth-order valence-corrected chi connectivity index (χ4v) is 4.25. The second-order valence-electron chi connectivity index (χ2n) is 6.76. The highest BCUT2D eigenvalue weighted by atomic mass is 32.2. The summed E-state index contributed by atoms with van der Waals surface area (Å²) < 4.78 is 10.4. The van der Waals surface area contributed by atoms with Crippen LogP contribution < -0.4 is 10.2 Å². The van der Waals surface area contributed by atoms with E-state index < -0.39 is 24.5 Å². The van der Waals surface area contributed by atoms with Crippen molar-refractivity contribution in [3.05, 3.63) is 84.3 Å². The quantitative estimate of drug-likeness (QED) is 0.596. The third-order valence-electron chi connectivity index (χ3n) is 4.76. The number of nitrogens with zero attached hydrogens (tertiary/aromatic N) is 1. The topological polar surface area (TPSA) is 88.8 Å². The summed E-state index contributed by atoms with van der Waals surface area (Å²) in [6.45, 7) is 0.118. The smallest absolute Gasteiger partial charge is 0.333 e. The van der Waals surface area contributed by atoms with Crippen molar-refractivity contribution in [2.45, 2.75) is 10.9 Å². The summed E-state index contributed by atoms with van der Waals surface area (Å²) >= 11 is 1.68. The maximum absolute atomic E-state index is 12.8. The molecule has 1 aliphatic heterocycles. The molecule has 1 unspecified atom stereocenters. The van der Waals surface area contributed by atoms with Crippen molar-refractivity contribution in [2.24, 2.45) is 0 Å². The van der Waals surface area contributed by atoms with E-state index in [2.05, 4.69) is 5.32 Å². The van der Waals surface area contributed by atoms with Crippen LogP contribution in [0, 0.1) is 0 Å². The van der Waals surface area contributed by atoms with Crippen LogP contribution in [-0.4, -0.2) is 36.7 Å². The van der Waals surface area contributed by atoms with Gasteiger partial charge in [0, 0.05) is 17.2 Å². The second-order valence-corrected chi connectivity index (χ2v) is 7.90. The molecule has 7 nitrogen and oxygen atoms in total. The SMILES string of the molecule is O=C(NC(C(=O)OCC(=O)N1CCSc2ccccc21)c1ccccc1)c1ccco1. The van der Waals surface area contributed by atoms with Crippen molar-refractivity contribution >= 4 is 35.2 Å². The van der Waals surface area contributed by atoms with Gasteiger partial charge in [-0.2, -0.15) is 0 Å². The van der Waals surface area contributed by atoms with Gasteiger partial charge in [-0.15, -0.1) is 11.8 Å². The second kappa shape index (κ2) is 9.53. The highest BCUT2D eigenvalue weighted by Crippen LogP contribution is 2.34. The summed E-state index contributed by atoms with van der Waals surface area (Å²) in [4.78, 5) is 40.7. The zero-order chi connectivity index (χ0) is 21.6. The number of amides is 2. The highest BCUT2D eigenvalue weighted by Gasteiger charge is 2.28. The number of hydrogen-bond donors (Lipinski definition) is 1. The number of carbonyl (C=O) groups is 3. The molecule has 1 aromatic heterocycles. The van der Waals surface area contributed by atoms with Crippen molar-refractivity contribution in [1.29, 1.82) is 0 Å². The fourth-order valence-electron chi connectivity index (χ4n) is 3.26. The van der Waals surface area contributed by atoms with E-state index in [1.807, 2.05) is 24.3 Å². The molecule has 8 heteroatoms. The molecule has 0 saturated carbocycles. The minimum atomic E-state index is -1.07. The Morgan fingerprint density at radius 1 is 1.03 bits per heavy atom. The summed E-state index contributed by atoms with van der Waals surface area (Å²) in [6.07, 6.45) is 1.37. The van der Waals surface area contributed by atoms with Gasteiger partial charge < -0.3 is 19.4 Å². The number of hydrogen-bond acceptors (Lipinski definition) is 6. The van der Waals surface area contributed by atoms with Crippen molar-refractivity contribution < 1.29 is 23.5 Å². The molecular formula is C23H20N2O5S. The number of rotatable bonds is 6. The summed E-state index contributed by atoms with van der Waals surface area (Å²) in [5.41, 5.74) is 1.35. The predicted molar refractivity (Wildman–Crippen MR) is 116 cm³/mol. The number of para-hydroxylation sites is 1. The third-order valence-corrected chi connectivity index (χ3v) is 5.80. The van der Waals surface area contributed by atoms with Crippen LogP contribution >= 0.6 is 11.8 Å². The summed E-state index contributed by atoms with van der Waals surface area (Å²) in [6, 6.07) is 18.3. The van der Waals surface area contributed by atoms with Crippen LogP contribution in [0.15, 0.2) is 82.3 Å². The van der Waals surface area contributed by atoms with Crippen LogP contribution in [0.4, 0.5) is 5.69 Å². The number of furan rings is 1. The van der Waals surface area contributed by atoms with Crippen molar-refractivity contribution in [2.75, 3.05) is 23.8 Å². The lowest BCUT2D eigenvalue weighted by Gasteiger charge is -2.29. The van der Waals surface area contributed by atoms with Gasteiger partial charge >= 0.3 is 5.97 Å². The average Bonchev–Trinajstić information content (AvgIpc) is 3.36. The lowest BCUT2D eigenvalue weighted by atomic mass is 10.1. The standard InChI is InChI=1S/C23H20N2O5S/c26-20(25-12-14-31-19-11-5-4-9-17(19)25)15-30-23(28)21(16-7-2-1-3-8-16)24-22(27)18-10-6-13-29-18/h1-11,13,21H,12,14-15H2,(H,24,27). The molecule has 0 spiro atoms. The molecule has 31 heavy (non-hydrogen) atoms. The number of fused-ring (bicyclic) bond motifs is 1. The molecular weight excluding hydrogens is 416 g/mol. The number of anilines is 1. The molecule has 2 amide bonds. The van der Waals surface area contributed by atoms with Crippen LogP contribution in [0.25, 0.3) is 0 Å². The van der Waals surface area contributed by atoms with Crippen LogP contribution in [0.1, 0.15) is 22.2 Å². The van der Waals surface area contributed by atoms with Crippen LogP contribution in [0.2, 0.25) is 0 Å². The molecule has 1 N–H and O–H groups in total. The molecule has 4 rings (SSSR count). The zero-order valence-electron chi connectivity index (χ0n) is 16.5. The molecule has 3 aromatic rings. The van der Waals surface area contributed by atoms with Crippen LogP contribution in [-0.2, 0) is 14.3 Å². The van der Waals surface area contributed by atoms with Crippen molar-refractivity contribution in [3.8, 4) is 0 Å². The van der Waals surface area contributed by atoms with Crippen molar-refractivity contribution in [1.82, 2.24) is 5.32 Å². The Morgan fingerprint density at radius 3 is 2.58 bits per heavy atom. The van der Waals surface area contributed by atoms with E-state index in [4.69, 9.17) is 9.15 Å². The first-order valence-electron chi connectivity index (χ1n) is 9.71. The van der Waals surface area contributed by atoms with Crippen LogP contribution in [0.3, 0.4) is 0 Å². The Morgan fingerprint density at radius 2 is 1.81 bits per heavy atom. The van der Waals surface area contributed by atoms with Gasteiger partial charge in [-0.3, -0.25) is 9.59 Å². The van der Waals surface area contributed by atoms with E-state index in [0.29, 0.717) is 12.1 Å². The molecule has 2 aromatic carbocycles. The van der Waals surface area contributed by atoms with E-state index in [9.17, 15) is 14.4 Å². The Labute approximate surface area is 183 Å². The van der Waals surface area contributed by atoms with Gasteiger partial charge in [0.15, 0.2) is 18.4 Å². The van der Waals surface area contributed by atoms with E-state index >= 15 is 0 Å². The number of benzene rings is 2. The van der Waals surface area contributed by atoms with E-state index in [1.165, 1.54) is 12.3 Å². The molecule has 0 aliphatic carbocycles. The average molecular weight is 436 g/mol. The lowest BCUT2D eigenvalue weighted by molar-refractivity contribution is -0.150. The van der Waals surface area contributed by atoms with Gasteiger partial charge in [-0.25, -0.2) is 4.79 Å². The molecule has 0 radical (unpaired) electrons. The van der Waals surface area contributed by atoms with Gasteiger partial charge in [0.1, 0.15) is 0 Å². The first kappa shape index (κ1) is 20.7. The predicted octanol–water partition coefficient (Wildman–Crippen LogP) is 3.43. The molecule has 2 heterocycles. The zero-order valence-corrected chi connectivity index (χ0v) is 17.3. The molecule has 1 aliphatic rings. The normalized spacial score (nSPS) is 13.7. The Balaban J connectivity index is 1.45. The Bertz CT molecular complexity index is 1070. The van der Waals surface area contributed by atoms with Crippen molar-refractivity contribution in [3.63, 3.8) is 0 Å². The van der Waals surface area contributed by atoms with E-state index in [1.54, 1.807) is 53.1 Å². The first-order valence-corrected chi connectivity index (χ1v) is 10.7. The third kappa shape index (κ3) is 4.80.